The van der Waals surface area contributed by atoms with Crippen molar-refractivity contribution < 1.29 is 8.42 Å². The number of aromatic nitrogens is 3. The molecule has 1 fully saturated rings. The Labute approximate surface area is 163 Å². The molecular formula is C20H21N3O2S2. The van der Waals surface area contributed by atoms with E-state index in [9.17, 15) is 8.42 Å². The van der Waals surface area contributed by atoms with E-state index >= 15 is 0 Å². The summed E-state index contributed by atoms with van der Waals surface area (Å²) in [5, 5.41) is 9.53. The van der Waals surface area contributed by atoms with Crippen LogP contribution < -0.4 is 0 Å². The highest BCUT2D eigenvalue weighted by Gasteiger charge is 2.30. The zero-order valence-electron chi connectivity index (χ0n) is 14.9. The maximum absolute atomic E-state index is 12.5. The molecule has 1 saturated carbocycles. The number of hydrogen-bond donors (Lipinski definition) is 0. The first-order chi connectivity index (χ1) is 13.1. The fraction of sp³-hybridized carbons (Fsp3) is 0.300. The first kappa shape index (κ1) is 18.3. The van der Waals surface area contributed by atoms with E-state index in [1.54, 1.807) is 24.3 Å². The van der Waals surface area contributed by atoms with Gasteiger partial charge in [0.15, 0.2) is 15.0 Å². The summed E-state index contributed by atoms with van der Waals surface area (Å²) in [6.45, 7) is 0.716. The van der Waals surface area contributed by atoms with Crippen molar-refractivity contribution >= 4 is 21.6 Å². The molecule has 0 amide bonds. The van der Waals surface area contributed by atoms with Gasteiger partial charge in [-0.25, -0.2) is 8.42 Å². The summed E-state index contributed by atoms with van der Waals surface area (Å²) in [5.74, 6) is 2.05. The fourth-order valence-electron chi connectivity index (χ4n) is 2.95. The molecule has 1 heterocycles. The monoisotopic (exact) mass is 399 g/mol. The predicted molar refractivity (Wildman–Crippen MR) is 107 cm³/mol. The van der Waals surface area contributed by atoms with E-state index in [1.165, 1.54) is 17.3 Å². The van der Waals surface area contributed by atoms with Gasteiger partial charge in [-0.15, -0.1) is 10.2 Å². The highest BCUT2D eigenvalue weighted by molar-refractivity contribution is 8.00. The third-order valence-electron chi connectivity index (χ3n) is 4.56. The molecule has 0 N–H and O–H groups in total. The minimum Gasteiger partial charge on any atom is -0.301 e. The summed E-state index contributed by atoms with van der Waals surface area (Å²) in [6.07, 6.45) is 2.31. The zero-order chi connectivity index (χ0) is 18.7. The average molecular weight is 400 g/mol. The second kappa shape index (κ2) is 7.86. The molecule has 0 atom stereocenters. The molecule has 4 rings (SSSR count). The third-order valence-corrected chi connectivity index (χ3v) is 7.52. The molecule has 5 nitrogen and oxygen atoms in total. The van der Waals surface area contributed by atoms with Crippen molar-refractivity contribution in [3.63, 3.8) is 0 Å². The van der Waals surface area contributed by atoms with Gasteiger partial charge in [0.2, 0.25) is 0 Å². The smallest absolute Gasteiger partial charge is 0.191 e. The van der Waals surface area contributed by atoms with Crippen molar-refractivity contribution in [2.45, 2.75) is 35.4 Å². The maximum Gasteiger partial charge on any atom is 0.191 e. The van der Waals surface area contributed by atoms with Crippen LogP contribution in [0.1, 0.15) is 30.1 Å². The van der Waals surface area contributed by atoms with E-state index in [2.05, 4.69) is 26.9 Å². The van der Waals surface area contributed by atoms with Crippen LogP contribution in [0.5, 0.6) is 0 Å². The van der Waals surface area contributed by atoms with E-state index in [-0.39, 0.29) is 5.75 Å². The Hall–Kier alpha value is -2.12. The molecule has 7 heteroatoms. The molecule has 0 saturated heterocycles. The minimum absolute atomic E-state index is 0.0820. The van der Waals surface area contributed by atoms with Crippen LogP contribution in [0.3, 0.4) is 0 Å². The van der Waals surface area contributed by atoms with Gasteiger partial charge >= 0.3 is 0 Å². The Morgan fingerprint density at radius 1 is 0.963 bits per heavy atom. The molecule has 1 aliphatic carbocycles. The Morgan fingerprint density at radius 3 is 2.30 bits per heavy atom. The van der Waals surface area contributed by atoms with Gasteiger partial charge in [-0.1, -0.05) is 60.3 Å². The third kappa shape index (κ3) is 4.42. The normalized spacial score (nSPS) is 14.4. The highest BCUT2D eigenvalue weighted by atomic mass is 32.2. The molecule has 3 aromatic rings. The largest absolute Gasteiger partial charge is 0.301 e. The van der Waals surface area contributed by atoms with Gasteiger partial charge in [-0.2, -0.15) is 0 Å². The molecule has 0 bridgehead atoms. The summed E-state index contributed by atoms with van der Waals surface area (Å²) >= 11 is 1.46. The average Bonchev–Trinajstić information content (AvgIpc) is 3.46. The molecule has 0 unspecified atom stereocenters. The topological polar surface area (TPSA) is 64.8 Å². The van der Waals surface area contributed by atoms with Crippen LogP contribution in [0.2, 0.25) is 0 Å². The van der Waals surface area contributed by atoms with Gasteiger partial charge in [0, 0.05) is 11.7 Å². The summed E-state index contributed by atoms with van der Waals surface area (Å²) in [7, 11) is -3.28. The fourth-order valence-corrected chi connectivity index (χ4v) is 5.57. The van der Waals surface area contributed by atoms with Gasteiger partial charge < -0.3 is 4.57 Å². The maximum atomic E-state index is 12.5. The van der Waals surface area contributed by atoms with Crippen molar-refractivity contribution in [3.8, 4) is 0 Å². The number of hydrogen-bond acceptors (Lipinski definition) is 5. The number of thioether (sulfide) groups is 1. The van der Waals surface area contributed by atoms with E-state index in [0.717, 1.165) is 23.8 Å². The standard InChI is InChI=1S/C20H21N3O2S2/c24-27(25,18-9-5-2-6-10-18)14-13-26-20-22-21-19(17-11-12-17)23(20)15-16-7-3-1-4-8-16/h1-10,17H,11-15H2. The second-order valence-corrected chi connectivity index (χ2v) is 9.84. The quantitative estimate of drug-likeness (QED) is 0.540. The van der Waals surface area contributed by atoms with E-state index in [1.807, 2.05) is 24.3 Å². The molecule has 1 aliphatic rings. The molecule has 0 spiro atoms. The number of rotatable bonds is 8. The van der Waals surface area contributed by atoms with E-state index in [4.69, 9.17) is 0 Å². The van der Waals surface area contributed by atoms with E-state index < -0.39 is 9.84 Å². The second-order valence-electron chi connectivity index (χ2n) is 6.67. The van der Waals surface area contributed by atoms with Crippen molar-refractivity contribution in [1.29, 1.82) is 0 Å². The van der Waals surface area contributed by atoms with Crippen LogP contribution >= 0.6 is 11.8 Å². The lowest BCUT2D eigenvalue weighted by Gasteiger charge is -2.10. The summed E-state index contributed by atoms with van der Waals surface area (Å²) < 4.78 is 27.1. The highest BCUT2D eigenvalue weighted by Crippen LogP contribution is 2.40. The number of sulfone groups is 1. The minimum atomic E-state index is -3.28. The van der Waals surface area contributed by atoms with Crippen LogP contribution in [0.4, 0.5) is 0 Å². The van der Waals surface area contributed by atoms with Gasteiger partial charge in [-0.05, 0) is 30.5 Å². The van der Waals surface area contributed by atoms with Crippen molar-refractivity contribution in [3.05, 3.63) is 72.1 Å². The van der Waals surface area contributed by atoms with Gasteiger partial charge in [-0.3, -0.25) is 0 Å². The Bertz CT molecular complexity index is 998. The van der Waals surface area contributed by atoms with Crippen LogP contribution in [-0.2, 0) is 16.4 Å². The number of nitrogens with zero attached hydrogens (tertiary/aromatic N) is 3. The molecule has 1 aromatic heterocycles. The molecule has 140 valence electrons. The van der Waals surface area contributed by atoms with Crippen LogP contribution in [0.25, 0.3) is 0 Å². The van der Waals surface area contributed by atoms with Crippen LogP contribution in [0, 0.1) is 0 Å². The Kier molecular flexibility index (Phi) is 5.31. The predicted octanol–water partition coefficient (Wildman–Crippen LogP) is 3.77. The molecule has 0 aliphatic heterocycles. The van der Waals surface area contributed by atoms with Crippen molar-refractivity contribution in [2.75, 3.05) is 11.5 Å². The summed E-state index contributed by atoms with van der Waals surface area (Å²) in [5.41, 5.74) is 1.19. The van der Waals surface area contributed by atoms with Crippen molar-refractivity contribution in [1.82, 2.24) is 14.8 Å². The first-order valence-corrected chi connectivity index (χ1v) is 11.6. The van der Waals surface area contributed by atoms with Crippen LogP contribution in [0.15, 0.2) is 70.7 Å². The molecular weight excluding hydrogens is 378 g/mol. The summed E-state index contributed by atoms with van der Waals surface area (Å²) in [6, 6.07) is 18.8. The lowest BCUT2D eigenvalue weighted by atomic mass is 10.2. The van der Waals surface area contributed by atoms with Gasteiger partial charge in [0.05, 0.1) is 17.2 Å². The van der Waals surface area contributed by atoms with Crippen LogP contribution in [-0.4, -0.2) is 34.7 Å². The number of benzene rings is 2. The molecule has 27 heavy (non-hydrogen) atoms. The first-order valence-electron chi connectivity index (χ1n) is 9.01. The Balaban J connectivity index is 1.47. The van der Waals surface area contributed by atoms with E-state index in [0.29, 0.717) is 23.1 Å². The molecule has 0 radical (unpaired) electrons. The SMILES string of the molecule is O=S(=O)(CCSc1nnc(C2CC2)n1Cc1ccccc1)c1ccccc1. The zero-order valence-corrected chi connectivity index (χ0v) is 16.5. The van der Waals surface area contributed by atoms with Crippen molar-refractivity contribution in [2.24, 2.45) is 0 Å². The van der Waals surface area contributed by atoms with Gasteiger partial charge in [0.1, 0.15) is 5.82 Å². The summed E-state index contributed by atoms with van der Waals surface area (Å²) in [4.78, 5) is 0.370. The lowest BCUT2D eigenvalue weighted by molar-refractivity contribution is 0.597. The lowest BCUT2D eigenvalue weighted by Crippen LogP contribution is -2.10. The molecule has 2 aromatic carbocycles. The Morgan fingerprint density at radius 2 is 1.63 bits per heavy atom. The van der Waals surface area contributed by atoms with Gasteiger partial charge in [0.25, 0.3) is 0 Å².